The molecule has 1 fully saturated rings. The van der Waals surface area contributed by atoms with Gasteiger partial charge >= 0.3 is 0 Å². The number of thiocarbonyl (C=S) groups is 1. The number of carbonyl (C=O) groups excluding carboxylic acids is 1. The topological polar surface area (TPSA) is 46.3 Å². The number of amides is 1. The third-order valence-electron chi connectivity index (χ3n) is 3.44. The number of halogens is 1. The Bertz CT molecular complexity index is 469. The smallest absolute Gasteiger partial charge is 0.254 e. The van der Waals surface area contributed by atoms with Crippen molar-refractivity contribution in [3.63, 3.8) is 0 Å². The lowest BCUT2D eigenvalue weighted by Gasteiger charge is -2.28. The molecule has 0 unspecified atom stereocenters. The summed E-state index contributed by atoms with van der Waals surface area (Å²) >= 11 is 4.92. The van der Waals surface area contributed by atoms with Crippen LogP contribution in [0.4, 0.5) is 4.39 Å². The summed E-state index contributed by atoms with van der Waals surface area (Å²) < 4.78 is 12.9. The van der Waals surface area contributed by atoms with Crippen LogP contribution in [0.15, 0.2) is 24.3 Å². The summed E-state index contributed by atoms with van der Waals surface area (Å²) in [6.45, 7) is 0.288. The third kappa shape index (κ3) is 3.50. The molecule has 0 radical (unpaired) electrons. The van der Waals surface area contributed by atoms with Crippen LogP contribution in [0, 0.1) is 5.82 Å². The molecule has 0 atom stereocenters. The zero-order valence-corrected chi connectivity index (χ0v) is 11.5. The van der Waals surface area contributed by atoms with E-state index in [4.69, 9.17) is 18.0 Å². The number of nitrogens with two attached hydrogens (primary N) is 1. The van der Waals surface area contributed by atoms with E-state index < -0.39 is 0 Å². The summed E-state index contributed by atoms with van der Waals surface area (Å²) in [6, 6.07) is 5.78. The molecule has 1 amide bonds. The molecule has 0 saturated heterocycles. The molecule has 1 saturated carbocycles. The minimum atomic E-state index is -0.349. The van der Waals surface area contributed by atoms with Gasteiger partial charge in [-0.2, -0.15) is 0 Å². The molecule has 1 aliphatic rings. The Labute approximate surface area is 117 Å². The SMILES string of the molecule is NC(=S)CN(C(=O)c1ccc(F)cc1)C1CCCC1. The van der Waals surface area contributed by atoms with Gasteiger partial charge in [-0.1, -0.05) is 25.1 Å². The van der Waals surface area contributed by atoms with E-state index in [9.17, 15) is 9.18 Å². The van der Waals surface area contributed by atoms with E-state index in [0.29, 0.717) is 10.6 Å². The first kappa shape index (κ1) is 13.9. The van der Waals surface area contributed by atoms with Gasteiger partial charge in [0.2, 0.25) is 0 Å². The third-order valence-corrected chi connectivity index (χ3v) is 3.57. The minimum absolute atomic E-state index is 0.125. The summed E-state index contributed by atoms with van der Waals surface area (Å²) in [6.07, 6.45) is 4.20. The highest BCUT2D eigenvalue weighted by atomic mass is 32.1. The van der Waals surface area contributed by atoms with Gasteiger partial charge in [0.15, 0.2) is 0 Å². The van der Waals surface area contributed by atoms with Crippen molar-refractivity contribution in [1.29, 1.82) is 0 Å². The molecule has 0 spiro atoms. The first-order valence-electron chi connectivity index (χ1n) is 6.43. The molecular formula is C14H17FN2OS. The van der Waals surface area contributed by atoms with Gasteiger partial charge in [0.05, 0.1) is 11.5 Å². The van der Waals surface area contributed by atoms with E-state index in [1.165, 1.54) is 24.3 Å². The van der Waals surface area contributed by atoms with Crippen molar-refractivity contribution in [2.75, 3.05) is 6.54 Å². The van der Waals surface area contributed by atoms with Crippen LogP contribution in [0.2, 0.25) is 0 Å². The van der Waals surface area contributed by atoms with E-state index in [2.05, 4.69) is 0 Å². The van der Waals surface area contributed by atoms with Crippen LogP contribution in [-0.4, -0.2) is 28.4 Å². The van der Waals surface area contributed by atoms with Gasteiger partial charge in [0.25, 0.3) is 5.91 Å². The highest BCUT2D eigenvalue weighted by Crippen LogP contribution is 2.24. The van der Waals surface area contributed by atoms with Crippen LogP contribution < -0.4 is 5.73 Å². The Morgan fingerprint density at radius 1 is 1.32 bits per heavy atom. The second-order valence-electron chi connectivity index (χ2n) is 4.84. The Morgan fingerprint density at radius 3 is 2.42 bits per heavy atom. The van der Waals surface area contributed by atoms with E-state index >= 15 is 0 Å². The number of rotatable bonds is 4. The van der Waals surface area contributed by atoms with Crippen molar-refractivity contribution in [3.05, 3.63) is 35.6 Å². The maximum Gasteiger partial charge on any atom is 0.254 e. The standard InChI is InChI=1S/C14H17FN2OS/c15-11-7-5-10(6-8-11)14(18)17(9-13(16)19)12-3-1-2-4-12/h5-8,12H,1-4,9H2,(H2,16,19). The summed E-state index contributed by atoms with van der Waals surface area (Å²) in [5.41, 5.74) is 6.05. The maximum absolute atomic E-state index is 12.9. The molecule has 0 aromatic heterocycles. The lowest BCUT2D eigenvalue weighted by atomic mass is 10.1. The fourth-order valence-corrected chi connectivity index (χ4v) is 2.65. The highest BCUT2D eigenvalue weighted by molar-refractivity contribution is 7.80. The first-order chi connectivity index (χ1) is 9.08. The van der Waals surface area contributed by atoms with Crippen molar-refractivity contribution < 1.29 is 9.18 Å². The average molecular weight is 280 g/mol. The van der Waals surface area contributed by atoms with Gasteiger partial charge in [0.1, 0.15) is 5.82 Å². The fourth-order valence-electron chi connectivity index (χ4n) is 2.51. The molecule has 5 heteroatoms. The molecule has 1 aromatic carbocycles. The van der Waals surface area contributed by atoms with E-state index in [1.54, 1.807) is 4.90 Å². The number of nitrogens with zero attached hydrogens (tertiary/aromatic N) is 1. The Hall–Kier alpha value is -1.49. The van der Waals surface area contributed by atoms with Crippen LogP contribution in [-0.2, 0) is 0 Å². The minimum Gasteiger partial charge on any atom is -0.392 e. The summed E-state index contributed by atoms with van der Waals surface area (Å²) in [7, 11) is 0. The lowest BCUT2D eigenvalue weighted by molar-refractivity contribution is 0.0714. The van der Waals surface area contributed by atoms with Gasteiger partial charge in [-0.15, -0.1) is 0 Å². The Morgan fingerprint density at radius 2 is 1.89 bits per heavy atom. The zero-order chi connectivity index (χ0) is 13.8. The highest BCUT2D eigenvalue weighted by Gasteiger charge is 2.27. The van der Waals surface area contributed by atoms with Crippen molar-refractivity contribution in [3.8, 4) is 0 Å². The van der Waals surface area contributed by atoms with Gasteiger partial charge in [0, 0.05) is 11.6 Å². The van der Waals surface area contributed by atoms with Gasteiger partial charge in [-0.25, -0.2) is 4.39 Å². The predicted molar refractivity (Wildman–Crippen MR) is 76.5 cm³/mol. The second-order valence-corrected chi connectivity index (χ2v) is 5.37. The number of hydrogen-bond donors (Lipinski definition) is 1. The number of hydrogen-bond acceptors (Lipinski definition) is 2. The van der Waals surface area contributed by atoms with Crippen LogP contribution in [0.3, 0.4) is 0 Å². The average Bonchev–Trinajstić information content (AvgIpc) is 2.89. The molecule has 0 heterocycles. The van der Waals surface area contributed by atoms with Crippen LogP contribution in [0.1, 0.15) is 36.0 Å². The molecule has 1 aliphatic carbocycles. The summed E-state index contributed by atoms with van der Waals surface area (Å²) in [4.78, 5) is 14.5. The molecule has 2 N–H and O–H groups in total. The molecular weight excluding hydrogens is 263 g/mol. The molecule has 102 valence electrons. The Balaban J connectivity index is 2.18. The first-order valence-corrected chi connectivity index (χ1v) is 6.83. The largest absolute Gasteiger partial charge is 0.392 e. The van der Waals surface area contributed by atoms with Gasteiger partial charge < -0.3 is 10.6 Å². The maximum atomic E-state index is 12.9. The number of carbonyl (C=O) groups is 1. The van der Waals surface area contributed by atoms with Gasteiger partial charge in [-0.05, 0) is 37.1 Å². The van der Waals surface area contributed by atoms with Crippen molar-refractivity contribution in [2.45, 2.75) is 31.7 Å². The predicted octanol–water partition coefficient (Wildman–Crippen LogP) is 2.50. The summed E-state index contributed by atoms with van der Waals surface area (Å²) in [5, 5.41) is 0. The summed E-state index contributed by atoms with van der Waals surface area (Å²) in [5.74, 6) is -0.474. The number of benzene rings is 1. The normalized spacial score (nSPS) is 15.4. The van der Waals surface area contributed by atoms with Crippen LogP contribution in [0.25, 0.3) is 0 Å². The van der Waals surface area contributed by atoms with Crippen molar-refractivity contribution >= 4 is 23.1 Å². The van der Waals surface area contributed by atoms with E-state index in [1.807, 2.05) is 0 Å². The molecule has 19 heavy (non-hydrogen) atoms. The monoisotopic (exact) mass is 280 g/mol. The quantitative estimate of drug-likeness (QED) is 0.862. The van der Waals surface area contributed by atoms with Gasteiger partial charge in [-0.3, -0.25) is 4.79 Å². The second kappa shape index (κ2) is 6.10. The van der Waals surface area contributed by atoms with E-state index in [-0.39, 0.29) is 24.3 Å². The molecule has 0 bridgehead atoms. The van der Waals surface area contributed by atoms with E-state index in [0.717, 1.165) is 25.7 Å². The fraction of sp³-hybridized carbons (Fsp3) is 0.429. The van der Waals surface area contributed by atoms with Crippen molar-refractivity contribution in [1.82, 2.24) is 4.90 Å². The Kier molecular flexibility index (Phi) is 4.47. The van der Waals surface area contributed by atoms with Crippen LogP contribution >= 0.6 is 12.2 Å². The molecule has 2 rings (SSSR count). The zero-order valence-electron chi connectivity index (χ0n) is 10.6. The molecule has 3 nitrogen and oxygen atoms in total. The lowest BCUT2D eigenvalue weighted by Crippen LogP contribution is -2.43. The van der Waals surface area contributed by atoms with Crippen molar-refractivity contribution in [2.24, 2.45) is 5.73 Å². The van der Waals surface area contributed by atoms with Crippen LogP contribution in [0.5, 0.6) is 0 Å². The molecule has 0 aliphatic heterocycles. The molecule has 1 aromatic rings.